The van der Waals surface area contributed by atoms with Gasteiger partial charge in [-0.3, -0.25) is 29.0 Å². The first kappa shape index (κ1) is 106. The third kappa shape index (κ3) is 67.9. The smallest absolute Gasteiger partial charge is 0.356 e. The number of carbonyl (C=O) groups is 14. The Labute approximate surface area is 661 Å². The normalized spacial score (nSPS) is 13.5. The molecule has 4 N–H and O–H groups in total. The van der Waals surface area contributed by atoms with Gasteiger partial charge in [0.2, 0.25) is 23.6 Å². The zero-order valence-electron chi connectivity index (χ0n) is 68.5. The Balaban J connectivity index is -0.00000117. The summed E-state index contributed by atoms with van der Waals surface area (Å²) in [6.07, 6.45) is 18.3. The summed E-state index contributed by atoms with van der Waals surface area (Å²) in [6.45, 7) is 24.6. The van der Waals surface area contributed by atoms with E-state index >= 15 is 0 Å². The fourth-order valence-electron chi connectivity index (χ4n) is 9.74. The lowest BCUT2D eigenvalue weighted by atomic mass is 9.93. The van der Waals surface area contributed by atoms with Crippen LogP contribution in [0.3, 0.4) is 0 Å². The van der Waals surface area contributed by atoms with E-state index in [4.69, 9.17) is 0 Å². The summed E-state index contributed by atoms with van der Waals surface area (Å²) in [5, 5.41) is 10.00. The minimum Gasteiger partial charge on any atom is -0.356 e. The monoisotopic (exact) mass is 1580 g/mol. The molecule has 3 heterocycles. The molecule has 1 saturated heterocycles. The molecule has 2 saturated carbocycles. The van der Waals surface area contributed by atoms with Crippen LogP contribution < -0.4 is 21.3 Å². The number of aromatic nitrogens is 3. The van der Waals surface area contributed by atoms with Gasteiger partial charge < -0.3 is 64.4 Å². The van der Waals surface area contributed by atoms with Crippen molar-refractivity contribution >= 4 is 93.2 Å². The third-order valence-electron chi connectivity index (χ3n) is 16.1. The standard InChI is InChI=1S/C11H13NO.C10H11FO.C10H12O.C9H15NO2.C9H17NO2.C8H12F3NO2.C8H10N2O.C8H15NO2.C7H12OS.C5H10O/c1-9(13)8-11(5-6-11)10-4-2-3-7-12-10;1-8(12)6-7-9-4-2-3-5-10(9)11;1-9(11)7-8-10-5-3-2-4-6-10;1-7(11)5-6-9(12)10-8-3-2-4-8;1-3-4-7-10-9(12)6-5-8(2)11;1-5(3-6(2)13)7(14)12-4-8(9,10)11;1-7(11)3-4-8-9-5-2-6-10-8;1-4-9-8(11)6(2)5-7(3)10;1-6(8)4-7-2-3-9-5-7;1-3-4-5(2)6/h2-4,7H,5-6,8H2,1H3;2-5H,6-7H2,1H3;2-6H,7-8H2,1H3;8H,2-6H2,1H3,(H,10,12);3-7H2,1-2H3,(H,10,12);5H,3-4H2,1-2H3,(H,12,14);2,5-6H,3-4H2,1H3;6H,4-5H2,1-3H3,(H,9,11);7H,2-5H2,1H3;3-4H2,1-2H3. The molecule has 3 atom stereocenters. The van der Waals surface area contributed by atoms with Crippen LogP contribution in [0.25, 0.3) is 0 Å². The van der Waals surface area contributed by atoms with Gasteiger partial charge in [0.25, 0.3) is 0 Å². The molecule has 26 heteroatoms. The maximum Gasteiger partial charge on any atom is 0.405 e. The number of amides is 4. The number of unbranched alkanes of at least 4 members (excludes halogenated alkanes) is 1. The highest BCUT2D eigenvalue weighted by Crippen LogP contribution is 2.50. The van der Waals surface area contributed by atoms with E-state index in [1.165, 1.54) is 77.5 Å². The molecule has 3 unspecified atom stereocenters. The van der Waals surface area contributed by atoms with Crippen LogP contribution in [0.15, 0.2) is 97.5 Å². The zero-order chi connectivity index (χ0) is 84.8. The molecule has 2 aliphatic carbocycles. The summed E-state index contributed by atoms with van der Waals surface area (Å²) in [4.78, 5) is 162. The van der Waals surface area contributed by atoms with Gasteiger partial charge in [-0.2, -0.15) is 24.9 Å². The lowest BCUT2D eigenvalue weighted by molar-refractivity contribution is -0.141. The number of hydrogen-bond donors (Lipinski definition) is 4. The van der Waals surface area contributed by atoms with Crippen LogP contribution in [0.4, 0.5) is 17.6 Å². The number of alkyl halides is 3. The highest BCUT2D eigenvalue weighted by atomic mass is 32.2. The van der Waals surface area contributed by atoms with E-state index in [1.807, 2.05) is 74.1 Å². The van der Waals surface area contributed by atoms with Crippen molar-refractivity contribution in [3.8, 4) is 0 Å². The van der Waals surface area contributed by atoms with E-state index in [-0.39, 0.29) is 93.3 Å². The van der Waals surface area contributed by atoms with Crippen molar-refractivity contribution < 1.29 is 84.7 Å². The van der Waals surface area contributed by atoms with E-state index in [0.29, 0.717) is 100 Å². The Morgan fingerprint density at radius 3 is 1.41 bits per heavy atom. The molecule has 0 bridgehead atoms. The van der Waals surface area contributed by atoms with Crippen molar-refractivity contribution in [3.05, 3.63) is 126 Å². The number of halogens is 4. The number of Topliss-reactive ketones (excluding diaryl/α,β-unsaturated/α-hetero) is 10. The van der Waals surface area contributed by atoms with Gasteiger partial charge >= 0.3 is 6.18 Å². The number of carbonyl (C=O) groups excluding carboxylic acids is 14. The third-order valence-corrected chi connectivity index (χ3v) is 17.3. The van der Waals surface area contributed by atoms with Gasteiger partial charge in [0.1, 0.15) is 76.0 Å². The van der Waals surface area contributed by atoms with E-state index in [1.54, 1.807) is 89.7 Å². The Bertz CT molecular complexity index is 3320. The number of ketones is 10. The van der Waals surface area contributed by atoms with Crippen molar-refractivity contribution in [1.29, 1.82) is 0 Å². The highest BCUT2D eigenvalue weighted by molar-refractivity contribution is 7.99. The van der Waals surface area contributed by atoms with Crippen molar-refractivity contribution in [2.45, 2.75) is 276 Å². The summed E-state index contributed by atoms with van der Waals surface area (Å²) in [5.41, 5.74) is 3.05. The Hall–Kier alpha value is -8.68. The number of benzene rings is 2. The first-order valence-corrected chi connectivity index (χ1v) is 39.5. The van der Waals surface area contributed by atoms with Gasteiger partial charge in [-0.15, -0.1) is 0 Å². The zero-order valence-corrected chi connectivity index (χ0v) is 69.3. The van der Waals surface area contributed by atoms with E-state index < -0.39 is 24.5 Å². The predicted molar refractivity (Wildman–Crippen MR) is 429 cm³/mol. The predicted octanol–water partition coefficient (Wildman–Crippen LogP) is 15.1. The first-order valence-electron chi connectivity index (χ1n) is 38.4. The van der Waals surface area contributed by atoms with Crippen LogP contribution in [0.5, 0.6) is 0 Å². The minimum absolute atomic E-state index is 0.0151. The molecule has 111 heavy (non-hydrogen) atoms. The topological polar surface area (TPSA) is 326 Å². The average Bonchev–Trinajstić information content (AvgIpc) is 1.62. The number of thioether (sulfide) groups is 1. The highest BCUT2D eigenvalue weighted by Gasteiger charge is 2.46. The maximum atomic E-state index is 12.9. The number of nitrogens with one attached hydrogen (secondary N) is 4. The molecule has 3 fully saturated rings. The van der Waals surface area contributed by atoms with Crippen LogP contribution in [-0.2, 0) is 91.8 Å². The summed E-state index contributed by atoms with van der Waals surface area (Å²) >= 11 is 1.97. The van der Waals surface area contributed by atoms with Gasteiger partial charge in [0.05, 0.1) is 0 Å². The molecular weight excluding hydrogens is 1450 g/mol. The molecule has 0 spiro atoms. The molecule has 7 rings (SSSR count). The Morgan fingerprint density at radius 1 is 0.505 bits per heavy atom. The van der Waals surface area contributed by atoms with Crippen molar-refractivity contribution in [1.82, 2.24) is 36.2 Å². The van der Waals surface area contributed by atoms with Crippen LogP contribution in [0.2, 0.25) is 0 Å². The quantitative estimate of drug-likeness (QED) is 0.0249. The van der Waals surface area contributed by atoms with Gasteiger partial charge in [-0.05, 0) is 193 Å². The Morgan fingerprint density at radius 2 is 1.00 bits per heavy atom. The second-order valence-electron chi connectivity index (χ2n) is 28.0. The molecule has 0 radical (unpaired) electrons. The van der Waals surface area contributed by atoms with E-state index in [2.05, 4.69) is 37.8 Å². The van der Waals surface area contributed by atoms with Gasteiger partial charge in [0.15, 0.2) is 0 Å². The SMILES string of the molecule is CC(=O)CC(C)C(=O)NCC(F)(F)F.CC(=O)CC1(c2ccccn2)CC1.CC(=O)CC1CCSC1.CC(=O)CCC(=O)NC1CCC1.CC(=O)CCc1ccccc1.CC(=O)CCc1ccccc1F.CC(=O)CCc1ncccn1.CCCC(C)=O.CCCCNC(=O)CCC(C)=O.CCNC(=O)C(C)CC(C)=O. The van der Waals surface area contributed by atoms with Crippen LogP contribution in [0.1, 0.15) is 261 Å². The molecule has 3 aliphatic rings. The fourth-order valence-corrected chi connectivity index (χ4v) is 11.0. The van der Waals surface area contributed by atoms with E-state index in [0.717, 1.165) is 82.3 Å². The lowest BCUT2D eigenvalue weighted by Gasteiger charge is -2.26. The minimum atomic E-state index is -4.41. The largest absolute Gasteiger partial charge is 0.405 e. The summed E-state index contributed by atoms with van der Waals surface area (Å²) in [7, 11) is 0. The number of aryl methyl sites for hydroxylation is 3. The van der Waals surface area contributed by atoms with Crippen molar-refractivity contribution in [2.24, 2.45) is 17.8 Å². The molecule has 620 valence electrons. The summed E-state index contributed by atoms with van der Waals surface area (Å²) < 4.78 is 47.9. The molecule has 4 aromatic rings. The number of nitrogens with zero attached hydrogens (tertiary/aromatic N) is 3. The van der Waals surface area contributed by atoms with Gasteiger partial charge in [0, 0.05) is 144 Å². The maximum absolute atomic E-state index is 12.9. The molecule has 2 aromatic carbocycles. The Kier molecular flexibility index (Phi) is 62.3. The second-order valence-corrected chi connectivity index (χ2v) is 29.1. The van der Waals surface area contributed by atoms with E-state index in [9.17, 15) is 84.7 Å². The molecular formula is C85H127F4N7O14S. The average molecular weight is 1580 g/mol. The molecule has 21 nitrogen and oxygen atoms in total. The van der Waals surface area contributed by atoms with Crippen LogP contribution >= 0.6 is 11.8 Å². The first-order chi connectivity index (χ1) is 52.2. The number of pyridine rings is 1. The number of hydrogen-bond acceptors (Lipinski definition) is 18. The van der Waals surface area contributed by atoms with Gasteiger partial charge in [-0.25, -0.2) is 14.4 Å². The summed E-state index contributed by atoms with van der Waals surface area (Å²) in [6, 6.07) is 24.7. The summed E-state index contributed by atoms with van der Waals surface area (Å²) in [5.74, 6) is 3.43. The number of rotatable bonds is 34. The lowest BCUT2D eigenvalue weighted by Crippen LogP contribution is -2.39. The fraction of sp³-hybridized carbons (Fsp3) is 0.588. The van der Waals surface area contributed by atoms with Crippen molar-refractivity contribution in [3.63, 3.8) is 0 Å². The molecule has 4 amide bonds. The molecule has 1 aliphatic heterocycles. The van der Waals surface area contributed by atoms with Gasteiger partial charge in [-0.1, -0.05) is 88.7 Å². The second kappa shape index (κ2) is 64.9. The van der Waals surface area contributed by atoms with Crippen LogP contribution in [-0.4, -0.2) is 140 Å². The molecule has 2 aromatic heterocycles. The van der Waals surface area contributed by atoms with Crippen molar-refractivity contribution in [2.75, 3.05) is 31.1 Å². The van der Waals surface area contributed by atoms with Crippen LogP contribution in [0, 0.1) is 23.6 Å².